The molecule has 574 valence electrons. The molecule has 5 aromatic rings. The molecule has 0 aliphatic heterocycles. The number of carbonyl (C=O) groups excluding carboxylic acids is 9. The van der Waals surface area contributed by atoms with E-state index in [0.717, 1.165) is 69.2 Å². The molecule has 0 bridgehead atoms. The summed E-state index contributed by atoms with van der Waals surface area (Å²) in [7, 11) is 0. The highest BCUT2D eigenvalue weighted by Gasteiger charge is 2.27. The van der Waals surface area contributed by atoms with Crippen molar-refractivity contribution in [3.05, 3.63) is 128 Å². The number of amides is 9. The molecule has 10 N–H and O–H groups in total. The number of halogens is 3. The molecule has 1 aliphatic rings. The molecule has 0 spiro atoms. The third kappa shape index (κ3) is 32.2. The molecule has 1 aromatic heterocycles. The Morgan fingerprint density at radius 3 is 1.72 bits per heavy atom. The number of hydrogen-bond donors (Lipinski definition) is 10. The second-order valence-electron chi connectivity index (χ2n) is 25.8. The van der Waals surface area contributed by atoms with Crippen molar-refractivity contribution in [1.82, 2.24) is 57.2 Å². The van der Waals surface area contributed by atoms with Gasteiger partial charge in [0.05, 0.1) is 56.0 Å². The van der Waals surface area contributed by atoms with E-state index in [-0.39, 0.29) is 144 Å². The van der Waals surface area contributed by atoms with E-state index in [0.29, 0.717) is 120 Å². The first-order valence-electron chi connectivity index (χ1n) is 36.4. The number of carbonyl (C=O) groups is 9. The fraction of sp³-hybridized carbons (Fsp3) is 0.526. The number of nitrogens with zero attached hydrogens (tertiary/aromatic N) is 3. The Morgan fingerprint density at radius 1 is 0.590 bits per heavy atom. The lowest BCUT2D eigenvalue weighted by molar-refractivity contribution is -0.128. The number of hydrogen-bond acceptors (Lipinski definition) is 16. The number of benzene rings is 4. The van der Waals surface area contributed by atoms with Crippen LogP contribution in [0.3, 0.4) is 0 Å². The number of anilines is 1. The quantitative estimate of drug-likeness (QED) is 0.0165. The van der Waals surface area contributed by atoms with Gasteiger partial charge in [-0.15, -0.1) is 0 Å². The molecule has 105 heavy (non-hydrogen) atoms. The first-order chi connectivity index (χ1) is 50.7. The van der Waals surface area contributed by atoms with Gasteiger partial charge in [0.2, 0.25) is 47.3 Å². The van der Waals surface area contributed by atoms with Gasteiger partial charge in [-0.2, -0.15) is 5.10 Å². The second kappa shape index (κ2) is 48.1. The molecule has 26 nitrogen and oxygen atoms in total. The minimum absolute atomic E-state index is 0.0298. The first kappa shape index (κ1) is 85.7. The van der Waals surface area contributed by atoms with Crippen molar-refractivity contribution >= 4 is 93.7 Å². The zero-order chi connectivity index (χ0) is 75.7. The molecular weight excluding hydrogens is 1410 g/mol. The van der Waals surface area contributed by atoms with Gasteiger partial charge in [-0.25, -0.2) is 4.68 Å². The lowest BCUT2D eigenvalue weighted by Gasteiger charge is -2.35. The lowest BCUT2D eigenvalue weighted by Crippen LogP contribution is -2.47. The van der Waals surface area contributed by atoms with Gasteiger partial charge in [0.25, 0.3) is 5.91 Å². The number of aromatic nitrogens is 2. The Kier molecular flexibility index (Phi) is 39.3. The molecule has 6 rings (SSSR count). The van der Waals surface area contributed by atoms with E-state index >= 15 is 0 Å². The number of unbranched alkanes of at least 4 members (excludes halogenated alkanes) is 5. The molecule has 29 heteroatoms. The zero-order valence-electron chi connectivity index (χ0n) is 60.9. The third-order valence-corrected chi connectivity index (χ3v) is 18.2. The SMILES string of the molecule is CCCN(CCc1ccc(NC(=O)CCC(=O)NCCOCCOCC(=O)NCCOCCOCC(=O)NCCCC[C@H](NC(C)=O)C(=O)NCCCC[C@H](NC(C)=O)C(=O)NCCCCCCNC(=O)c2nn(-c3ccc(Cl)cc3Cl)c(-c3ccc(Cl)cc3)c2C)cc1)C1CCc2c(O)cccc2C1. The summed E-state index contributed by atoms with van der Waals surface area (Å²) in [4.78, 5) is 116. The molecule has 3 atom stereocenters. The Bertz CT molecular complexity index is 3580. The summed E-state index contributed by atoms with van der Waals surface area (Å²) in [6.45, 7) is 11.4. The number of rotatable bonds is 50. The summed E-state index contributed by atoms with van der Waals surface area (Å²) in [5.74, 6) is -2.49. The van der Waals surface area contributed by atoms with E-state index < -0.39 is 12.1 Å². The summed E-state index contributed by atoms with van der Waals surface area (Å²) >= 11 is 18.9. The fourth-order valence-electron chi connectivity index (χ4n) is 12.1. The van der Waals surface area contributed by atoms with E-state index in [1.807, 2.05) is 49.4 Å². The van der Waals surface area contributed by atoms with Crippen molar-refractivity contribution in [2.24, 2.45) is 0 Å². The van der Waals surface area contributed by atoms with Crippen LogP contribution in [0.25, 0.3) is 16.9 Å². The highest BCUT2D eigenvalue weighted by atomic mass is 35.5. The normalized spacial score (nSPS) is 13.0. The number of phenolic OH excluding ortho intramolecular Hbond substituents is 1. The Morgan fingerprint density at radius 2 is 1.13 bits per heavy atom. The molecule has 0 saturated heterocycles. The summed E-state index contributed by atoms with van der Waals surface area (Å²) in [6, 6.07) is 24.8. The van der Waals surface area contributed by atoms with Gasteiger partial charge in [-0.1, -0.05) is 91.0 Å². The van der Waals surface area contributed by atoms with Gasteiger partial charge in [0.15, 0.2) is 5.69 Å². The number of fused-ring (bicyclic) bond motifs is 1. The van der Waals surface area contributed by atoms with E-state index in [1.165, 1.54) is 25.0 Å². The molecule has 0 saturated carbocycles. The monoisotopic (exact) mass is 1510 g/mol. The van der Waals surface area contributed by atoms with Crippen LogP contribution in [0.15, 0.2) is 84.9 Å². The van der Waals surface area contributed by atoms with Crippen LogP contribution in [-0.2, 0) is 76.6 Å². The largest absolute Gasteiger partial charge is 0.508 e. The van der Waals surface area contributed by atoms with Gasteiger partial charge < -0.3 is 71.9 Å². The van der Waals surface area contributed by atoms with Crippen LogP contribution in [0.5, 0.6) is 5.75 Å². The predicted octanol–water partition coefficient (Wildman–Crippen LogP) is 8.03. The molecule has 4 aromatic carbocycles. The highest BCUT2D eigenvalue weighted by molar-refractivity contribution is 6.35. The maximum Gasteiger partial charge on any atom is 0.272 e. The summed E-state index contributed by atoms with van der Waals surface area (Å²) < 4.78 is 23.4. The molecule has 1 unspecified atom stereocenters. The molecule has 1 aliphatic carbocycles. The Hall–Kier alpha value is -8.21. The molecule has 1 heterocycles. The standard InChI is InChI=1S/C76H105Cl3N12O14/c1-5-40-90(61-28-29-62-57(48-61)15-14-18-67(62)94)41-33-55-19-26-60(27-20-55)88-69(96)32-31-68(95)81-38-42-102-44-47-105-51-71(98)82-39-43-103-45-46-104-50-70(97)80-34-12-8-16-64(86-53(3)92)75(100)84-37-13-9-17-65(87-54(4)93)74(99)83-35-10-6-7-11-36-85-76(101)72-52(2)73(56-21-23-58(77)24-22-56)91(89-72)66-30-25-59(78)49-63(66)79/h14-15,18-27,30,49,61,64-65,94H,5-13,16-17,28-29,31-48,50-51H2,1-4H3,(H,80,97)(H,81,95)(H,82,98)(H,83,99)(H,84,100)(H,85,101)(H,86,92)(H,87,93)(H,88,96)/t61?,64-,65-/m0/s1. The summed E-state index contributed by atoms with van der Waals surface area (Å²) in [6.07, 6.45) is 10.6. The number of phenols is 1. The van der Waals surface area contributed by atoms with Gasteiger partial charge in [0, 0.05) is 105 Å². The molecule has 0 radical (unpaired) electrons. The van der Waals surface area contributed by atoms with Crippen LogP contribution in [-0.4, -0.2) is 196 Å². The van der Waals surface area contributed by atoms with Crippen LogP contribution >= 0.6 is 34.8 Å². The van der Waals surface area contributed by atoms with Gasteiger partial charge >= 0.3 is 0 Å². The van der Waals surface area contributed by atoms with Crippen LogP contribution in [0, 0.1) is 6.92 Å². The van der Waals surface area contributed by atoms with Crippen LogP contribution in [0.2, 0.25) is 15.1 Å². The first-order valence-corrected chi connectivity index (χ1v) is 37.5. The third-order valence-electron chi connectivity index (χ3n) is 17.4. The van der Waals surface area contributed by atoms with Gasteiger partial charge in [-0.3, -0.25) is 48.1 Å². The maximum atomic E-state index is 13.4. The zero-order valence-corrected chi connectivity index (χ0v) is 63.1. The topological polar surface area (TPSA) is 340 Å². The summed E-state index contributed by atoms with van der Waals surface area (Å²) in [5.41, 5.74) is 7.14. The average Bonchev–Trinajstić information content (AvgIpc) is 1.62. The van der Waals surface area contributed by atoms with Crippen LogP contribution in [0.1, 0.15) is 143 Å². The fourth-order valence-corrected chi connectivity index (χ4v) is 12.7. The van der Waals surface area contributed by atoms with Crippen LogP contribution < -0.4 is 47.9 Å². The van der Waals surface area contributed by atoms with E-state index in [2.05, 4.69) is 70.8 Å². The average molecular weight is 1520 g/mol. The van der Waals surface area contributed by atoms with E-state index in [4.69, 9.17) is 53.8 Å². The molecule has 0 fully saturated rings. The Balaban J connectivity index is 0.700. The van der Waals surface area contributed by atoms with Crippen molar-refractivity contribution in [3.63, 3.8) is 0 Å². The number of aromatic hydroxyl groups is 1. The van der Waals surface area contributed by atoms with Crippen molar-refractivity contribution in [3.8, 4) is 22.7 Å². The van der Waals surface area contributed by atoms with E-state index in [9.17, 15) is 48.3 Å². The predicted molar refractivity (Wildman–Crippen MR) is 405 cm³/mol. The van der Waals surface area contributed by atoms with Crippen molar-refractivity contribution in [1.29, 1.82) is 0 Å². The maximum absolute atomic E-state index is 13.4. The highest BCUT2D eigenvalue weighted by Crippen LogP contribution is 2.34. The van der Waals surface area contributed by atoms with E-state index in [1.54, 1.807) is 41.1 Å². The minimum atomic E-state index is -0.786. The van der Waals surface area contributed by atoms with Crippen molar-refractivity contribution in [2.45, 2.75) is 155 Å². The van der Waals surface area contributed by atoms with Gasteiger partial charge in [0.1, 0.15) is 31.0 Å². The smallest absolute Gasteiger partial charge is 0.272 e. The van der Waals surface area contributed by atoms with Crippen LogP contribution in [0.4, 0.5) is 5.69 Å². The molecule has 9 amide bonds. The summed E-state index contributed by atoms with van der Waals surface area (Å²) in [5, 5.41) is 41.6. The minimum Gasteiger partial charge on any atom is -0.508 e. The number of ether oxygens (including phenoxy) is 4. The van der Waals surface area contributed by atoms with Gasteiger partial charge in [-0.05, 0) is 162 Å². The van der Waals surface area contributed by atoms with Crippen molar-refractivity contribution < 1.29 is 67.2 Å². The van der Waals surface area contributed by atoms with Crippen molar-refractivity contribution in [2.75, 3.05) is 111 Å². The Labute approximate surface area is 630 Å². The second-order valence-corrected chi connectivity index (χ2v) is 27.1. The number of nitrogens with one attached hydrogen (secondary N) is 9. The molecular formula is C76H105Cl3N12O14. The lowest BCUT2D eigenvalue weighted by atomic mass is 9.86.